The van der Waals surface area contributed by atoms with E-state index < -0.39 is 0 Å². The molecule has 1 aliphatic heterocycles. The van der Waals surface area contributed by atoms with E-state index >= 15 is 0 Å². The number of anilines is 1. The van der Waals surface area contributed by atoms with Crippen LogP contribution in [-0.4, -0.2) is 25.0 Å². The molecule has 0 saturated carbocycles. The second-order valence-corrected chi connectivity index (χ2v) is 5.57. The molecule has 0 radical (unpaired) electrons. The molecule has 2 amide bonds. The van der Waals surface area contributed by atoms with E-state index in [-0.39, 0.29) is 24.3 Å². The zero-order chi connectivity index (χ0) is 16.2. The lowest BCUT2D eigenvalue weighted by atomic mass is 10.0. The van der Waals surface area contributed by atoms with Crippen molar-refractivity contribution in [2.45, 2.75) is 12.8 Å². The van der Waals surface area contributed by atoms with Crippen LogP contribution in [0, 0.1) is 0 Å². The molecule has 2 aromatic carbocycles. The van der Waals surface area contributed by atoms with Gasteiger partial charge >= 0.3 is 0 Å². The van der Waals surface area contributed by atoms with Crippen molar-refractivity contribution in [3.05, 3.63) is 59.7 Å². The predicted molar refractivity (Wildman–Crippen MR) is 87.8 cm³/mol. The van der Waals surface area contributed by atoms with Crippen LogP contribution < -0.4 is 15.4 Å². The molecule has 0 unspecified atom stereocenters. The molecule has 2 N–H and O–H groups in total. The molecule has 1 aliphatic rings. The first kappa shape index (κ1) is 15.1. The van der Waals surface area contributed by atoms with Gasteiger partial charge in [-0.3, -0.25) is 9.59 Å². The van der Waals surface area contributed by atoms with E-state index in [1.807, 2.05) is 30.3 Å². The lowest BCUT2D eigenvalue weighted by Gasteiger charge is -2.18. The van der Waals surface area contributed by atoms with Gasteiger partial charge in [-0.15, -0.1) is 0 Å². The van der Waals surface area contributed by atoms with Crippen molar-refractivity contribution in [1.82, 2.24) is 5.32 Å². The standard InChI is InChI=1S/C18H18N2O3/c1-12(13-5-3-2-4-6-13)10-19-18(22)14-7-8-15-16(9-14)23-11-17(21)20-15/h2-9,12H,10-11H2,1H3,(H,19,22)(H,20,21)/t12-/m0/s1. The molecule has 0 bridgehead atoms. The largest absolute Gasteiger partial charge is 0.482 e. The van der Waals surface area contributed by atoms with E-state index in [2.05, 4.69) is 17.6 Å². The van der Waals surface area contributed by atoms with Crippen LogP contribution in [0.5, 0.6) is 5.75 Å². The molecule has 0 fully saturated rings. The number of rotatable bonds is 4. The molecule has 2 aromatic rings. The van der Waals surface area contributed by atoms with E-state index in [4.69, 9.17) is 4.74 Å². The molecule has 118 valence electrons. The quantitative estimate of drug-likeness (QED) is 0.912. The summed E-state index contributed by atoms with van der Waals surface area (Å²) in [5, 5.41) is 5.63. The zero-order valence-electron chi connectivity index (χ0n) is 12.8. The van der Waals surface area contributed by atoms with Gasteiger partial charge in [0, 0.05) is 12.1 Å². The fraction of sp³-hybridized carbons (Fsp3) is 0.222. The van der Waals surface area contributed by atoms with Gasteiger partial charge in [-0.25, -0.2) is 0 Å². The Labute approximate surface area is 134 Å². The van der Waals surface area contributed by atoms with Gasteiger partial charge in [0.05, 0.1) is 5.69 Å². The average Bonchev–Trinajstić information content (AvgIpc) is 2.59. The highest BCUT2D eigenvalue weighted by Crippen LogP contribution is 2.28. The first-order valence-corrected chi connectivity index (χ1v) is 7.53. The Balaban J connectivity index is 1.64. The van der Waals surface area contributed by atoms with E-state index in [0.717, 1.165) is 0 Å². The monoisotopic (exact) mass is 310 g/mol. The molecule has 23 heavy (non-hydrogen) atoms. The van der Waals surface area contributed by atoms with Crippen LogP contribution in [0.15, 0.2) is 48.5 Å². The Hall–Kier alpha value is -2.82. The molecule has 0 spiro atoms. The number of nitrogens with one attached hydrogen (secondary N) is 2. The summed E-state index contributed by atoms with van der Waals surface area (Å²) in [5.74, 6) is 0.407. The summed E-state index contributed by atoms with van der Waals surface area (Å²) in [7, 11) is 0. The summed E-state index contributed by atoms with van der Waals surface area (Å²) in [5.41, 5.74) is 2.29. The highest BCUT2D eigenvalue weighted by atomic mass is 16.5. The molecule has 5 nitrogen and oxygen atoms in total. The Bertz CT molecular complexity index is 728. The van der Waals surface area contributed by atoms with E-state index in [0.29, 0.717) is 23.5 Å². The van der Waals surface area contributed by atoms with Crippen molar-refractivity contribution in [3.63, 3.8) is 0 Å². The Morgan fingerprint density at radius 1 is 1.26 bits per heavy atom. The molecule has 0 aromatic heterocycles. The van der Waals surface area contributed by atoms with Gasteiger partial charge in [-0.1, -0.05) is 37.3 Å². The topological polar surface area (TPSA) is 67.4 Å². The molecule has 0 aliphatic carbocycles. The normalized spacial score (nSPS) is 14.2. The Morgan fingerprint density at radius 2 is 2.04 bits per heavy atom. The van der Waals surface area contributed by atoms with Gasteiger partial charge in [-0.2, -0.15) is 0 Å². The highest BCUT2D eigenvalue weighted by molar-refractivity contribution is 5.99. The second kappa shape index (κ2) is 6.52. The van der Waals surface area contributed by atoms with Crippen molar-refractivity contribution in [3.8, 4) is 5.75 Å². The van der Waals surface area contributed by atoms with Gasteiger partial charge in [0.25, 0.3) is 11.8 Å². The number of hydrogen-bond donors (Lipinski definition) is 2. The molecule has 1 heterocycles. The summed E-state index contributed by atoms with van der Waals surface area (Å²) in [6, 6.07) is 15.1. The SMILES string of the molecule is C[C@@H](CNC(=O)c1ccc2c(c1)OCC(=O)N2)c1ccccc1. The fourth-order valence-electron chi connectivity index (χ4n) is 2.46. The zero-order valence-corrected chi connectivity index (χ0v) is 12.8. The minimum absolute atomic E-state index is 0.0247. The van der Waals surface area contributed by atoms with E-state index in [9.17, 15) is 9.59 Å². The molecule has 3 rings (SSSR count). The molecule has 0 saturated heterocycles. The van der Waals surface area contributed by atoms with E-state index in [1.54, 1.807) is 18.2 Å². The first-order chi connectivity index (χ1) is 11.1. The van der Waals surface area contributed by atoms with Crippen molar-refractivity contribution < 1.29 is 14.3 Å². The van der Waals surface area contributed by atoms with Gasteiger partial charge in [0.15, 0.2) is 6.61 Å². The van der Waals surface area contributed by atoms with Gasteiger partial charge in [0.2, 0.25) is 0 Å². The number of carbonyl (C=O) groups excluding carboxylic acids is 2. The van der Waals surface area contributed by atoms with Gasteiger partial charge < -0.3 is 15.4 Å². The number of amides is 2. The molecule has 1 atom stereocenters. The molecular weight excluding hydrogens is 292 g/mol. The minimum Gasteiger partial charge on any atom is -0.482 e. The lowest BCUT2D eigenvalue weighted by molar-refractivity contribution is -0.118. The first-order valence-electron chi connectivity index (χ1n) is 7.53. The van der Waals surface area contributed by atoms with Crippen molar-refractivity contribution in [2.75, 3.05) is 18.5 Å². The fourth-order valence-corrected chi connectivity index (χ4v) is 2.46. The van der Waals surface area contributed by atoms with Crippen LogP contribution >= 0.6 is 0 Å². The third-order valence-electron chi connectivity index (χ3n) is 3.81. The Kier molecular flexibility index (Phi) is 4.28. The highest BCUT2D eigenvalue weighted by Gasteiger charge is 2.18. The number of benzene rings is 2. The van der Waals surface area contributed by atoms with Gasteiger partial charge in [0.1, 0.15) is 5.75 Å². The number of ether oxygens (including phenoxy) is 1. The number of fused-ring (bicyclic) bond motifs is 1. The van der Waals surface area contributed by atoms with Crippen LogP contribution in [0.4, 0.5) is 5.69 Å². The minimum atomic E-state index is -0.189. The van der Waals surface area contributed by atoms with Crippen LogP contribution in [0.1, 0.15) is 28.8 Å². The van der Waals surface area contributed by atoms with E-state index in [1.165, 1.54) is 5.56 Å². The van der Waals surface area contributed by atoms with Crippen molar-refractivity contribution in [2.24, 2.45) is 0 Å². The smallest absolute Gasteiger partial charge is 0.262 e. The maximum absolute atomic E-state index is 12.3. The second-order valence-electron chi connectivity index (χ2n) is 5.57. The summed E-state index contributed by atoms with van der Waals surface area (Å²) >= 11 is 0. The van der Waals surface area contributed by atoms with Crippen LogP contribution in [0.25, 0.3) is 0 Å². The van der Waals surface area contributed by atoms with Crippen LogP contribution in [0.3, 0.4) is 0 Å². The predicted octanol–water partition coefficient (Wildman–Crippen LogP) is 2.55. The number of hydrogen-bond acceptors (Lipinski definition) is 3. The Morgan fingerprint density at radius 3 is 2.83 bits per heavy atom. The summed E-state index contributed by atoms with van der Waals surface area (Å²) in [6.07, 6.45) is 0. The third kappa shape index (κ3) is 3.51. The lowest BCUT2D eigenvalue weighted by Crippen LogP contribution is -2.28. The van der Waals surface area contributed by atoms with Crippen molar-refractivity contribution in [1.29, 1.82) is 0 Å². The summed E-state index contributed by atoms with van der Waals surface area (Å²) < 4.78 is 5.33. The average molecular weight is 310 g/mol. The van der Waals surface area contributed by atoms with Crippen molar-refractivity contribution >= 4 is 17.5 Å². The maximum atomic E-state index is 12.3. The van der Waals surface area contributed by atoms with Crippen LogP contribution in [-0.2, 0) is 4.79 Å². The third-order valence-corrected chi connectivity index (χ3v) is 3.81. The van der Waals surface area contributed by atoms with Gasteiger partial charge in [-0.05, 0) is 29.7 Å². The number of carbonyl (C=O) groups is 2. The maximum Gasteiger partial charge on any atom is 0.262 e. The molecule has 5 heteroatoms. The summed E-state index contributed by atoms with van der Waals surface area (Å²) in [4.78, 5) is 23.5. The summed E-state index contributed by atoms with van der Waals surface area (Å²) in [6.45, 7) is 2.60. The molecular formula is C18H18N2O3. The van der Waals surface area contributed by atoms with Crippen LogP contribution in [0.2, 0.25) is 0 Å².